The fourth-order valence-electron chi connectivity index (χ4n) is 3.72. The number of ether oxygens (including phenoxy) is 1. The molecule has 2 aliphatic rings. The predicted octanol–water partition coefficient (Wildman–Crippen LogP) is 4.25. The van der Waals surface area contributed by atoms with E-state index in [0.29, 0.717) is 12.3 Å². The normalized spacial score (nSPS) is 20.9. The molecule has 1 saturated carbocycles. The lowest BCUT2D eigenvalue weighted by atomic mass is 10.0. The summed E-state index contributed by atoms with van der Waals surface area (Å²) >= 11 is 0. The number of para-hydroxylation sites is 1. The van der Waals surface area contributed by atoms with Gasteiger partial charge in [-0.1, -0.05) is 12.1 Å². The summed E-state index contributed by atoms with van der Waals surface area (Å²) < 4.78 is 44.4. The molecular formula is C20H24F3N3O. The Labute approximate surface area is 156 Å². The molecule has 2 fully saturated rings. The molecule has 1 aliphatic carbocycles. The number of likely N-dealkylation sites (tertiary alicyclic amines) is 1. The Morgan fingerprint density at radius 2 is 2.00 bits per heavy atom. The average molecular weight is 379 g/mol. The summed E-state index contributed by atoms with van der Waals surface area (Å²) in [6, 6.07) is 7.34. The number of halogens is 3. The molecule has 1 saturated heterocycles. The van der Waals surface area contributed by atoms with Crippen molar-refractivity contribution in [2.45, 2.75) is 37.8 Å². The average Bonchev–Trinajstić information content (AvgIpc) is 3.12. The smallest absolute Gasteiger partial charge is 0.419 e. The van der Waals surface area contributed by atoms with Gasteiger partial charge in [0.15, 0.2) is 0 Å². The molecular weight excluding hydrogens is 355 g/mol. The second-order valence-electron chi connectivity index (χ2n) is 7.60. The summed E-state index contributed by atoms with van der Waals surface area (Å²) in [4.78, 5) is 2.52. The fourth-order valence-corrected chi connectivity index (χ4v) is 3.72. The molecule has 1 atom stereocenters. The van der Waals surface area contributed by atoms with E-state index < -0.39 is 11.7 Å². The van der Waals surface area contributed by atoms with Crippen LogP contribution in [0.2, 0.25) is 0 Å². The second-order valence-corrected chi connectivity index (χ2v) is 7.60. The van der Waals surface area contributed by atoms with Gasteiger partial charge in [0, 0.05) is 31.1 Å². The lowest BCUT2D eigenvalue weighted by molar-refractivity contribution is -0.138. The molecule has 0 unspecified atom stereocenters. The maximum atomic E-state index is 13.0. The number of aromatic nitrogens is 2. The summed E-state index contributed by atoms with van der Waals surface area (Å²) in [5.74, 6) is 1.21. The first-order chi connectivity index (χ1) is 13.0. The van der Waals surface area contributed by atoms with E-state index in [9.17, 15) is 13.2 Å². The van der Waals surface area contributed by atoms with Crippen molar-refractivity contribution in [2.75, 3.05) is 26.2 Å². The van der Waals surface area contributed by atoms with E-state index in [4.69, 9.17) is 4.74 Å². The third kappa shape index (κ3) is 4.64. The molecule has 7 heteroatoms. The standard InChI is InChI=1S/C20H24F3N3O/c21-20(22,23)17-3-1-2-4-19(17)27-10-8-16-11-18(25-24-16)15-7-9-26(13-15)12-14-5-6-14/h1-4,11,14-15H,5-10,12-13H2,(H,24,25)/t15-/m1/s1. The van der Waals surface area contributed by atoms with Crippen molar-refractivity contribution in [1.29, 1.82) is 0 Å². The quantitative estimate of drug-likeness (QED) is 0.782. The van der Waals surface area contributed by atoms with Crippen molar-refractivity contribution in [2.24, 2.45) is 5.92 Å². The van der Waals surface area contributed by atoms with Crippen LogP contribution in [0.15, 0.2) is 30.3 Å². The van der Waals surface area contributed by atoms with Crippen LogP contribution in [0.5, 0.6) is 5.75 Å². The zero-order valence-electron chi connectivity index (χ0n) is 15.1. The molecule has 27 heavy (non-hydrogen) atoms. The summed E-state index contributed by atoms with van der Waals surface area (Å²) in [5, 5.41) is 7.43. The van der Waals surface area contributed by atoms with Gasteiger partial charge in [0.2, 0.25) is 0 Å². The van der Waals surface area contributed by atoms with Gasteiger partial charge in [0.1, 0.15) is 5.75 Å². The van der Waals surface area contributed by atoms with Crippen LogP contribution in [-0.4, -0.2) is 41.3 Å². The van der Waals surface area contributed by atoms with Crippen LogP contribution in [0.3, 0.4) is 0 Å². The Balaban J connectivity index is 1.29. The topological polar surface area (TPSA) is 41.1 Å². The van der Waals surface area contributed by atoms with Gasteiger partial charge >= 0.3 is 6.18 Å². The first-order valence-electron chi connectivity index (χ1n) is 9.54. The largest absolute Gasteiger partial charge is 0.493 e. The van der Waals surface area contributed by atoms with E-state index in [1.165, 1.54) is 31.5 Å². The van der Waals surface area contributed by atoms with E-state index in [1.807, 2.05) is 6.07 Å². The highest BCUT2D eigenvalue weighted by molar-refractivity contribution is 5.35. The van der Waals surface area contributed by atoms with Crippen LogP contribution in [-0.2, 0) is 12.6 Å². The van der Waals surface area contributed by atoms with Gasteiger partial charge in [-0.15, -0.1) is 0 Å². The molecule has 4 nitrogen and oxygen atoms in total. The van der Waals surface area contributed by atoms with Crippen molar-refractivity contribution in [3.05, 3.63) is 47.3 Å². The molecule has 1 aromatic carbocycles. The van der Waals surface area contributed by atoms with Crippen molar-refractivity contribution in [3.8, 4) is 5.75 Å². The zero-order chi connectivity index (χ0) is 18.9. The van der Waals surface area contributed by atoms with E-state index >= 15 is 0 Å². The van der Waals surface area contributed by atoms with E-state index in [2.05, 4.69) is 15.1 Å². The van der Waals surface area contributed by atoms with Gasteiger partial charge < -0.3 is 9.64 Å². The number of benzene rings is 1. The summed E-state index contributed by atoms with van der Waals surface area (Å²) in [5.41, 5.74) is 1.21. The third-order valence-electron chi connectivity index (χ3n) is 5.38. The number of aromatic amines is 1. The van der Waals surface area contributed by atoms with E-state index in [0.717, 1.165) is 42.9 Å². The minimum Gasteiger partial charge on any atom is -0.493 e. The number of hydrogen-bond donors (Lipinski definition) is 1. The number of alkyl halides is 3. The second kappa shape index (κ2) is 7.54. The molecule has 2 heterocycles. The lowest BCUT2D eigenvalue weighted by Crippen LogP contribution is -2.22. The summed E-state index contributed by atoms with van der Waals surface area (Å²) in [6.45, 7) is 3.56. The molecule has 4 rings (SSSR count). The predicted molar refractivity (Wildman–Crippen MR) is 95.8 cm³/mol. The van der Waals surface area contributed by atoms with Crippen molar-refractivity contribution < 1.29 is 17.9 Å². The number of nitrogens with one attached hydrogen (secondary N) is 1. The minimum atomic E-state index is -4.41. The lowest BCUT2D eigenvalue weighted by Gasteiger charge is -2.14. The third-order valence-corrected chi connectivity index (χ3v) is 5.38. The van der Waals surface area contributed by atoms with Crippen LogP contribution in [0.25, 0.3) is 0 Å². The van der Waals surface area contributed by atoms with Crippen LogP contribution in [0, 0.1) is 5.92 Å². The molecule has 0 amide bonds. The SMILES string of the molecule is FC(F)(F)c1ccccc1OCCc1cc([C@@H]2CCN(CC3CC3)C2)n[nH]1. The van der Waals surface area contributed by atoms with Gasteiger partial charge in [-0.2, -0.15) is 18.3 Å². The Bertz CT molecular complexity index is 770. The van der Waals surface area contributed by atoms with Gasteiger partial charge in [0.25, 0.3) is 0 Å². The van der Waals surface area contributed by atoms with Crippen molar-refractivity contribution in [1.82, 2.24) is 15.1 Å². The number of rotatable bonds is 7. The van der Waals surface area contributed by atoms with E-state index in [1.54, 1.807) is 6.07 Å². The summed E-state index contributed by atoms with van der Waals surface area (Å²) in [7, 11) is 0. The molecule has 0 radical (unpaired) electrons. The minimum absolute atomic E-state index is 0.128. The maximum absolute atomic E-state index is 13.0. The molecule has 0 spiro atoms. The molecule has 1 aliphatic heterocycles. The number of hydrogen-bond acceptors (Lipinski definition) is 3. The molecule has 2 aromatic rings. The molecule has 1 aromatic heterocycles. The van der Waals surface area contributed by atoms with Crippen LogP contribution in [0.4, 0.5) is 13.2 Å². The number of nitrogens with zero attached hydrogens (tertiary/aromatic N) is 2. The Morgan fingerprint density at radius 3 is 2.78 bits per heavy atom. The van der Waals surface area contributed by atoms with Crippen LogP contribution in [0.1, 0.15) is 42.1 Å². The number of H-pyrrole nitrogens is 1. The summed E-state index contributed by atoms with van der Waals surface area (Å²) in [6.07, 6.45) is -0.0624. The highest BCUT2D eigenvalue weighted by Crippen LogP contribution is 2.36. The van der Waals surface area contributed by atoms with Gasteiger partial charge in [-0.3, -0.25) is 5.10 Å². The van der Waals surface area contributed by atoms with Crippen LogP contribution < -0.4 is 4.74 Å². The molecule has 1 N–H and O–H groups in total. The molecule has 0 bridgehead atoms. The highest BCUT2D eigenvalue weighted by Gasteiger charge is 2.34. The first-order valence-corrected chi connectivity index (χ1v) is 9.54. The van der Waals surface area contributed by atoms with Gasteiger partial charge in [-0.05, 0) is 49.9 Å². The Hall–Kier alpha value is -2.02. The van der Waals surface area contributed by atoms with Crippen molar-refractivity contribution in [3.63, 3.8) is 0 Å². The highest BCUT2D eigenvalue weighted by atomic mass is 19.4. The monoisotopic (exact) mass is 379 g/mol. The maximum Gasteiger partial charge on any atom is 0.419 e. The Kier molecular flexibility index (Phi) is 5.12. The van der Waals surface area contributed by atoms with Gasteiger partial charge in [0.05, 0.1) is 17.9 Å². The van der Waals surface area contributed by atoms with Gasteiger partial charge in [-0.25, -0.2) is 0 Å². The zero-order valence-corrected chi connectivity index (χ0v) is 15.1. The van der Waals surface area contributed by atoms with Crippen LogP contribution >= 0.6 is 0 Å². The van der Waals surface area contributed by atoms with E-state index in [-0.39, 0.29) is 12.4 Å². The Morgan fingerprint density at radius 1 is 1.19 bits per heavy atom. The van der Waals surface area contributed by atoms with Crippen molar-refractivity contribution >= 4 is 0 Å². The molecule has 146 valence electrons. The first kappa shape index (κ1) is 18.3. The fraction of sp³-hybridized carbons (Fsp3) is 0.550.